The number of aliphatic hydroxyl groups is 4. The lowest BCUT2D eigenvalue weighted by atomic mass is 10.2. The molecule has 2 aliphatic rings. The number of H-pyrrole nitrogens is 1. The molecule has 18 heteroatoms. The van der Waals surface area contributed by atoms with Crippen molar-refractivity contribution in [1.82, 2.24) is 45.2 Å². The van der Waals surface area contributed by atoms with Crippen molar-refractivity contribution in [3.05, 3.63) is 35.7 Å². The Morgan fingerprint density at radius 1 is 0.895 bits per heavy atom. The molecule has 0 unspecified atom stereocenters. The summed E-state index contributed by atoms with van der Waals surface area (Å²) in [5, 5.41) is 37.5. The molecule has 0 bridgehead atoms. The fourth-order valence-corrected chi connectivity index (χ4v) is 4.25. The van der Waals surface area contributed by atoms with Crippen LogP contribution in [0.4, 0.5) is 5.82 Å². The van der Waals surface area contributed by atoms with Gasteiger partial charge < -0.3 is 52.2 Å². The zero-order valence-corrected chi connectivity index (χ0v) is 20.0. The largest absolute Gasteiger partial charge is 0.412 e. The number of anilines is 1. The van der Waals surface area contributed by atoms with E-state index in [0.29, 0.717) is 35.5 Å². The van der Waals surface area contributed by atoms with Gasteiger partial charge in [0.25, 0.3) is 5.56 Å². The van der Waals surface area contributed by atoms with Gasteiger partial charge in [-0.05, 0) is 0 Å². The Morgan fingerprint density at radius 2 is 1.42 bits per heavy atom. The normalized spacial score (nSPS) is 26.5. The SMILES string of the molecule is N.Nc1ncnc2c1ncn2[C@H]1C[C@H](O)[C@@H](CO)O1.O.O=c1[nH]cnc2c1ncn2[C@H]1C[C@H](O)[C@@H](CO)O1. The number of ether oxygens (including phenoxy) is 2. The summed E-state index contributed by atoms with van der Waals surface area (Å²) in [4.78, 5) is 34.0. The minimum atomic E-state index is -0.737. The third-order valence-electron chi connectivity index (χ3n) is 6.14. The number of aromatic nitrogens is 8. The van der Waals surface area contributed by atoms with E-state index >= 15 is 0 Å². The number of nitrogens with two attached hydrogens (primary N) is 1. The van der Waals surface area contributed by atoms with Gasteiger partial charge in [0.15, 0.2) is 22.6 Å². The summed E-state index contributed by atoms with van der Waals surface area (Å²) in [5.74, 6) is 0.302. The Labute approximate surface area is 213 Å². The molecule has 0 aromatic carbocycles. The number of hydrogen-bond acceptors (Lipinski definition) is 14. The number of aliphatic hydroxyl groups excluding tert-OH is 4. The average Bonchev–Trinajstić information content (AvgIpc) is 3.64. The lowest BCUT2D eigenvalue weighted by Crippen LogP contribution is -2.24. The molecule has 18 nitrogen and oxygen atoms in total. The van der Waals surface area contributed by atoms with Crippen molar-refractivity contribution in [3.63, 3.8) is 0 Å². The van der Waals surface area contributed by atoms with Crippen molar-refractivity contribution >= 4 is 28.1 Å². The number of aromatic amines is 1. The molecule has 0 radical (unpaired) electrons. The van der Waals surface area contributed by atoms with Crippen LogP contribution < -0.4 is 17.4 Å². The molecule has 2 saturated heterocycles. The van der Waals surface area contributed by atoms with E-state index in [2.05, 4.69) is 29.9 Å². The Kier molecular flexibility index (Phi) is 9.01. The van der Waals surface area contributed by atoms with Crippen LogP contribution in [0.25, 0.3) is 22.3 Å². The highest BCUT2D eigenvalue weighted by molar-refractivity contribution is 5.81. The molecule has 6 atom stereocenters. The zero-order chi connectivity index (χ0) is 25.4. The first kappa shape index (κ1) is 28.9. The van der Waals surface area contributed by atoms with Crippen LogP contribution in [-0.4, -0.2) is 103 Å². The zero-order valence-electron chi connectivity index (χ0n) is 20.0. The van der Waals surface area contributed by atoms with Crippen molar-refractivity contribution in [2.75, 3.05) is 18.9 Å². The fourth-order valence-electron chi connectivity index (χ4n) is 4.25. The monoisotopic (exact) mass is 538 g/mol. The molecule has 2 fully saturated rings. The van der Waals surface area contributed by atoms with Gasteiger partial charge in [-0.1, -0.05) is 0 Å². The van der Waals surface area contributed by atoms with Crippen LogP contribution in [-0.2, 0) is 9.47 Å². The molecule has 6 rings (SSSR count). The number of nitrogens with one attached hydrogen (secondary N) is 1. The maximum Gasteiger partial charge on any atom is 0.278 e. The van der Waals surface area contributed by atoms with Gasteiger partial charge in [-0.15, -0.1) is 0 Å². The maximum absolute atomic E-state index is 11.5. The standard InChI is InChI=1S/C10H13N5O3.C10H12N4O4.H3N.H2O/c11-9-8-10(13-3-12-9)15(4-14-8)7-1-5(17)6(2-16)18-7;15-2-6-5(16)1-7(18-6)14-4-13-8-9(14)11-3-12-10(8)17;;/h3-7,16-17H,1-2H2,(H2,11,12,13);3-7,15-16H,1-2H2,(H,11,12,17);1H3;1H2/t2*5-,6+,7+;;/m00../s1. The van der Waals surface area contributed by atoms with Crippen molar-refractivity contribution in [2.45, 2.75) is 49.7 Å². The Morgan fingerprint density at radius 3 is 1.95 bits per heavy atom. The molecule has 2 aliphatic heterocycles. The molecule has 12 N–H and O–H groups in total. The first-order valence-corrected chi connectivity index (χ1v) is 11.1. The van der Waals surface area contributed by atoms with Crippen molar-refractivity contribution in [1.29, 1.82) is 0 Å². The number of nitrogen functional groups attached to an aromatic ring is 1. The van der Waals surface area contributed by atoms with Crippen molar-refractivity contribution in [2.24, 2.45) is 0 Å². The summed E-state index contributed by atoms with van der Waals surface area (Å²) in [6.07, 6.45) is 2.83. The number of rotatable bonds is 4. The summed E-state index contributed by atoms with van der Waals surface area (Å²) in [6, 6.07) is 0. The molecule has 0 aliphatic carbocycles. The summed E-state index contributed by atoms with van der Waals surface area (Å²) >= 11 is 0. The molecule has 38 heavy (non-hydrogen) atoms. The van der Waals surface area contributed by atoms with Crippen LogP contribution >= 0.6 is 0 Å². The van der Waals surface area contributed by atoms with Crippen LogP contribution in [0.5, 0.6) is 0 Å². The molecule has 6 heterocycles. The minimum absolute atomic E-state index is 0. The lowest BCUT2D eigenvalue weighted by Gasteiger charge is -2.13. The van der Waals surface area contributed by atoms with Crippen LogP contribution in [0.1, 0.15) is 25.3 Å². The highest BCUT2D eigenvalue weighted by Gasteiger charge is 2.36. The van der Waals surface area contributed by atoms with E-state index in [-0.39, 0.29) is 35.9 Å². The highest BCUT2D eigenvalue weighted by atomic mass is 16.5. The van der Waals surface area contributed by atoms with Crippen LogP contribution in [0, 0.1) is 0 Å². The molecular formula is C20H30N10O8. The molecule has 4 aromatic heterocycles. The highest BCUT2D eigenvalue weighted by Crippen LogP contribution is 2.31. The van der Waals surface area contributed by atoms with E-state index in [0.717, 1.165) is 0 Å². The Hall–Kier alpha value is -3.62. The van der Waals surface area contributed by atoms with E-state index in [4.69, 9.17) is 25.4 Å². The second kappa shape index (κ2) is 11.8. The summed E-state index contributed by atoms with van der Waals surface area (Å²) in [6.45, 7) is -0.472. The third kappa shape index (κ3) is 5.19. The third-order valence-corrected chi connectivity index (χ3v) is 6.14. The van der Waals surface area contributed by atoms with Crippen LogP contribution in [0.2, 0.25) is 0 Å². The van der Waals surface area contributed by atoms with Crippen LogP contribution in [0.15, 0.2) is 30.1 Å². The fraction of sp³-hybridized carbons (Fsp3) is 0.500. The number of fused-ring (bicyclic) bond motifs is 2. The minimum Gasteiger partial charge on any atom is -0.412 e. The van der Waals surface area contributed by atoms with E-state index < -0.39 is 36.9 Å². The summed E-state index contributed by atoms with van der Waals surface area (Å²) in [5.41, 5.74) is 7.05. The predicted molar refractivity (Wildman–Crippen MR) is 130 cm³/mol. The van der Waals surface area contributed by atoms with Gasteiger partial charge in [-0.25, -0.2) is 24.9 Å². The summed E-state index contributed by atoms with van der Waals surface area (Å²) in [7, 11) is 0. The number of imidazole rings is 2. The van der Waals surface area contributed by atoms with Gasteiger partial charge in [0.1, 0.15) is 36.5 Å². The van der Waals surface area contributed by atoms with Gasteiger partial charge in [0.05, 0.1) is 44.4 Å². The van der Waals surface area contributed by atoms with Gasteiger partial charge in [-0.3, -0.25) is 13.9 Å². The van der Waals surface area contributed by atoms with E-state index in [1.54, 1.807) is 15.5 Å². The molecule has 208 valence electrons. The quantitative estimate of drug-likeness (QED) is 0.137. The molecule has 0 spiro atoms. The topological polar surface area (TPSA) is 299 Å². The smallest absolute Gasteiger partial charge is 0.278 e. The molecule has 0 amide bonds. The first-order chi connectivity index (χ1) is 17.4. The van der Waals surface area contributed by atoms with Gasteiger partial charge >= 0.3 is 0 Å². The van der Waals surface area contributed by atoms with Gasteiger partial charge in [0, 0.05) is 12.8 Å². The number of nitrogens with zero attached hydrogens (tertiary/aromatic N) is 7. The predicted octanol–water partition coefficient (Wildman–Crippen LogP) is -2.85. The molecular weight excluding hydrogens is 508 g/mol. The second-order valence-electron chi connectivity index (χ2n) is 8.37. The van der Waals surface area contributed by atoms with Crippen molar-refractivity contribution < 1.29 is 35.4 Å². The Balaban J connectivity index is 0.000000200. The van der Waals surface area contributed by atoms with Crippen LogP contribution in [0.3, 0.4) is 0 Å². The van der Waals surface area contributed by atoms with E-state index in [9.17, 15) is 15.0 Å². The van der Waals surface area contributed by atoms with E-state index in [1.807, 2.05) is 0 Å². The summed E-state index contributed by atoms with van der Waals surface area (Å²) < 4.78 is 14.3. The van der Waals surface area contributed by atoms with Gasteiger partial charge in [-0.2, -0.15) is 0 Å². The maximum atomic E-state index is 11.5. The van der Waals surface area contributed by atoms with Gasteiger partial charge in [0.2, 0.25) is 0 Å². The van der Waals surface area contributed by atoms with E-state index in [1.165, 1.54) is 19.0 Å². The first-order valence-electron chi connectivity index (χ1n) is 11.1. The van der Waals surface area contributed by atoms with Crippen molar-refractivity contribution in [3.8, 4) is 0 Å². The lowest BCUT2D eigenvalue weighted by molar-refractivity contribution is -0.0432. The molecule has 0 saturated carbocycles. The number of hydrogen-bond donors (Lipinski definition) is 7. The molecule has 4 aromatic rings. The second-order valence-corrected chi connectivity index (χ2v) is 8.37. The average molecular weight is 539 g/mol. The Bertz CT molecular complexity index is 1410.